The summed E-state index contributed by atoms with van der Waals surface area (Å²) in [6, 6.07) is 8.02. The minimum absolute atomic E-state index is 0.461. The van der Waals surface area contributed by atoms with E-state index < -0.39 is 0 Å². The Kier molecular flexibility index (Phi) is 4.78. The second-order valence-corrected chi connectivity index (χ2v) is 5.11. The Balaban J connectivity index is 1.89. The highest BCUT2D eigenvalue weighted by molar-refractivity contribution is 5.60. The molecular formula is C15H21N3O. The van der Waals surface area contributed by atoms with Crippen LogP contribution in [-0.4, -0.2) is 26.8 Å². The number of nitrogens with two attached hydrogens (primary N) is 1. The number of benzene rings is 1. The van der Waals surface area contributed by atoms with Gasteiger partial charge in [-0.1, -0.05) is 6.07 Å². The molecule has 4 nitrogen and oxygen atoms in total. The first-order valence-electron chi connectivity index (χ1n) is 6.76. The van der Waals surface area contributed by atoms with Crippen LogP contribution in [0.5, 0.6) is 0 Å². The van der Waals surface area contributed by atoms with Crippen LogP contribution in [0, 0.1) is 17.2 Å². The predicted octanol–water partition coefficient (Wildman–Crippen LogP) is 1.88. The van der Waals surface area contributed by atoms with Crippen LogP contribution in [0.25, 0.3) is 0 Å². The molecule has 1 aromatic carbocycles. The molecule has 0 saturated heterocycles. The highest BCUT2D eigenvalue weighted by atomic mass is 16.5. The normalized spacial score (nSPS) is 14.2. The van der Waals surface area contributed by atoms with Crippen molar-refractivity contribution in [2.45, 2.75) is 19.4 Å². The topological polar surface area (TPSA) is 62.3 Å². The highest BCUT2D eigenvalue weighted by Gasteiger charge is 2.21. The number of ether oxygens (including phenoxy) is 1. The second kappa shape index (κ2) is 6.55. The van der Waals surface area contributed by atoms with Crippen LogP contribution in [0.4, 0.5) is 5.69 Å². The monoisotopic (exact) mass is 259 g/mol. The quantitative estimate of drug-likeness (QED) is 0.759. The first-order valence-corrected chi connectivity index (χ1v) is 6.76. The standard InChI is InChI=1S/C15H21N3O/c1-18(6-7-19-11-12-2-3-12)15-5-4-13(9-16)8-14(15)10-17/h4-5,8,12H,2-3,6-7,9,11,16H2,1H3. The summed E-state index contributed by atoms with van der Waals surface area (Å²) in [6.45, 7) is 2.84. The van der Waals surface area contributed by atoms with E-state index in [1.54, 1.807) is 0 Å². The zero-order valence-electron chi connectivity index (χ0n) is 11.4. The molecule has 1 aliphatic rings. The Morgan fingerprint density at radius 2 is 2.26 bits per heavy atom. The second-order valence-electron chi connectivity index (χ2n) is 5.11. The fraction of sp³-hybridized carbons (Fsp3) is 0.533. The summed E-state index contributed by atoms with van der Waals surface area (Å²) in [6.07, 6.45) is 2.63. The lowest BCUT2D eigenvalue weighted by atomic mass is 10.1. The molecule has 1 saturated carbocycles. The average molecular weight is 259 g/mol. The maximum absolute atomic E-state index is 9.19. The minimum atomic E-state index is 0.461. The van der Waals surface area contributed by atoms with Crippen LogP contribution in [0.2, 0.25) is 0 Å². The average Bonchev–Trinajstić information content (AvgIpc) is 3.26. The smallest absolute Gasteiger partial charge is 0.101 e. The van der Waals surface area contributed by atoms with Gasteiger partial charge < -0.3 is 15.4 Å². The van der Waals surface area contributed by atoms with Gasteiger partial charge in [0, 0.05) is 26.7 Å². The zero-order valence-corrected chi connectivity index (χ0v) is 11.4. The molecule has 0 atom stereocenters. The molecule has 0 spiro atoms. The van der Waals surface area contributed by atoms with E-state index in [-0.39, 0.29) is 0 Å². The lowest BCUT2D eigenvalue weighted by Gasteiger charge is -2.21. The SMILES string of the molecule is CN(CCOCC1CC1)c1ccc(CN)cc1C#N. The van der Waals surface area contributed by atoms with E-state index in [0.29, 0.717) is 18.7 Å². The van der Waals surface area contributed by atoms with Crippen LogP contribution < -0.4 is 10.6 Å². The van der Waals surface area contributed by atoms with Crippen molar-refractivity contribution in [3.8, 4) is 6.07 Å². The van der Waals surface area contributed by atoms with Gasteiger partial charge >= 0.3 is 0 Å². The Morgan fingerprint density at radius 1 is 1.47 bits per heavy atom. The fourth-order valence-electron chi connectivity index (χ4n) is 1.99. The van der Waals surface area contributed by atoms with Gasteiger partial charge in [0.05, 0.1) is 17.9 Å². The van der Waals surface area contributed by atoms with Gasteiger partial charge in [-0.05, 0) is 36.5 Å². The van der Waals surface area contributed by atoms with Crippen LogP contribution in [0.1, 0.15) is 24.0 Å². The van der Waals surface area contributed by atoms with Gasteiger partial charge in [0.25, 0.3) is 0 Å². The number of hydrogen-bond acceptors (Lipinski definition) is 4. The molecule has 1 aromatic rings. The first-order chi connectivity index (χ1) is 9.24. The van der Waals surface area contributed by atoms with Crippen LogP contribution in [0.3, 0.4) is 0 Å². The molecule has 19 heavy (non-hydrogen) atoms. The molecule has 0 unspecified atom stereocenters. The van der Waals surface area contributed by atoms with Crippen molar-refractivity contribution in [1.29, 1.82) is 5.26 Å². The molecular weight excluding hydrogens is 238 g/mol. The fourth-order valence-corrected chi connectivity index (χ4v) is 1.99. The van der Waals surface area contributed by atoms with Crippen molar-refractivity contribution in [1.82, 2.24) is 0 Å². The maximum atomic E-state index is 9.19. The van der Waals surface area contributed by atoms with Crippen molar-refractivity contribution in [2.24, 2.45) is 11.7 Å². The van der Waals surface area contributed by atoms with E-state index in [2.05, 4.69) is 11.0 Å². The first kappa shape index (κ1) is 13.9. The van der Waals surface area contributed by atoms with E-state index >= 15 is 0 Å². The largest absolute Gasteiger partial charge is 0.379 e. The summed E-state index contributed by atoms with van der Waals surface area (Å²) in [7, 11) is 1.98. The summed E-state index contributed by atoms with van der Waals surface area (Å²) >= 11 is 0. The van der Waals surface area contributed by atoms with E-state index in [4.69, 9.17) is 10.5 Å². The van der Waals surface area contributed by atoms with Crippen LogP contribution >= 0.6 is 0 Å². The number of nitrogens with zero attached hydrogens (tertiary/aromatic N) is 2. The van der Waals surface area contributed by atoms with Gasteiger partial charge in [-0.3, -0.25) is 0 Å². The maximum Gasteiger partial charge on any atom is 0.101 e. The Morgan fingerprint density at radius 3 is 2.89 bits per heavy atom. The lowest BCUT2D eigenvalue weighted by Crippen LogP contribution is -2.23. The van der Waals surface area contributed by atoms with Crippen molar-refractivity contribution in [2.75, 3.05) is 31.7 Å². The van der Waals surface area contributed by atoms with Crippen molar-refractivity contribution < 1.29 is 4.74 Å². The summed E-state index contributed by atoms with van der Waals surface area (Å²) in [4.78, 5) is 2.06. The summed E-state index contributed by atoms with van der Waals surface area (Å²) in [5, 5.41) is 9.19. The Hall–Kier alpha value is -1.57. The molecule has 0 bridgehead atoms. The number of anilines is 1. The summed E-state index contributed by atoms with van der Waals surface area (Å²) in [5.41, 5.74) is 8.19. The number of likely N-dealkylation sites (N-methyl/N-ethyl adjacent to an activating group) is 1. The molecule has 0 aliphatic heterocycles. The van der Waals surface area contributed by atoms with Crippen molar-refractivity contribution >= 4 is 5.69 Å². The summed E-state index contributed by atoms with van der Waals surface area (Å²) < 4.78 is 5.62. The Bertz CT molecular complexity index is 463. The van der Waals surface area contributed by atoms with E-state index in [1.165, 1.54) is 12.8 Å². The third-order valence-corrected chi connectivity index (χ3v) is 3.45. The molecule has 102 valence electrons. The third kappa shape index (κ3) is 3.95. The molecule has 1 aliphatic carbocycles. The number of nitriles is 1. The highest BCUT2D eigenvalue weighted by Crippen LogP contribution is 2.28. The molecule has 0 heterocycles. The molecule has 4 heteroatoms. The molecule has 2 N–H and O–H groups in total. The van der Waals surface area contributed by atoms with E-state index in [9.17, 15) is 5.26 Å². The van der Waals surface area contributed by atoms with Crippen LogP contribution in [0.15, 0.2) is 18.2 Å². The Labute approximate surface area is 114 Å². The predicted molar refractivity (Wildman–Crippen MR) is 75.9 cm³/mol. The third-order valence-electron chi connectivity index (χ3n) is 3.45. The zero-order chi connectivity index (χ0) is 13.7. The summed E-state index contributed by atoms with van der Waals surface area (Å²) in [5.74, 6) is 0.795. The minimum Gasteiger partial charge on any atom is -0.379 e. The molecule has 1 fully saturated rings. The number of hydrogen-bond donors (Lipinski definition) is 1. The van der Waals surface area contributed by atoms with Gasteiger partial charge in [0.1, 0.15) is 6.07 Å². The van der Waals surface area contributed by atoms with Gasteiger partial charge in [-0.15, -0.1) is 0 Å². The lowest BCUT2D eigenvalue weighted by molar-refractivity contribution is 0.131. The molecule has 0 radical (unpaired) electrons. The molecule has 0 aromatic heterocycles. The van der Waals surface area contributed by atoms with Gasteiger partial charge in [-0.25, -0.2) is 0 Å². The van der Waals surface area contributed by atoms with E-state index in [0.717, 1.165) is 30.3 Å². The number of rotatable bonds is 7. The molecule has 0 amide bonds. The van der Waals surface area contributed by atoms with Gasteiger partial charge in [0.2, 0.25) is 0 Å². The van der Waals surface area contributed by atoms with Crippen molar-refractivity contribution in [3.63, 3.8) is 0 Å². The molecule has 2 rings (SSSR count). The van der Waals surface area contributed by atoms with Gasteiger partial charge in [0.15, 0.2) is 0 Å². The van der Waals surface area contributed by atoms with E-state index in [1.807, 2.05) is 25.2 Å². The van der Waals surface area contributed by atoms with Crippen LogP contribution in [-0.2, 0) is 11.3 Å². The van der Waals surface area contributed by atoms with Crippen molar-refractivity contribution in [3.05, 3.63) is 29.3 Å². The van der Waals surface area contributed by atoms with Gasteiger partial charge in [-0.2, -0.15) is 5.26 Å².